The number of rotatable bonds is 6. The number of hydrogen-bond acceptors (Lipinski definition) is 3. The van der Waals surface area contributed by atoms with E-state index in [1.807, 2.05) is 12.1 Å². The van der Waals surface area contributed by atoms with Crippen LogP contribution in [0, 0.1) is 6.92 Å². The number of nitrogens with one attached hydrogen (secondary N) is 3. The van der Waals surface area contributed by atoms with Crippen LogP contribution in [-0.2, 0) is 12.8 Å². The van der Waals surface area contributed by atoms with Crippen molar-refractivity contribution in [1.29, 1.82) is 0 Å². The molecule has 0 amide bonds. The highest BCUT2D eigenvalue weighted by Crippen LogP contribution is 2.32. The third kappa shape index (κ3) is 4.95. The lowest BCUT2D eigenvalue weighted by molar-refractivity contribution is 0.174. The Morgan fingerprint density at radius 2 is 1.79 bits per heavy atom. The van der Waals surface area contributed by atoms with Crippen LogP contribution >= 0.6 is 24.0 Å². The summed E-state index contributed by atoms with van der Waals surface area (Å²) in [5, 5.41) is 8.08. The Kier molecular flexibility index (Phi) is 7.24. The molecule has 2 aromatic carbocycles. The fraction of sp³-hybridized carbons (Fsp3) is 0.318. The van der Waals surface area contributed by atoms with Crippen molar-refractivity contribution in [3.8, 4) is 11.5 Å². The van der Waals surface area contributed by atoms with Gasteiger partial charge in [0.1, 0.15) is 0 Å². The normalized spacial score (nSPS) is 12.7. The number of aromatic amines is 1. The highest BCUT2D eigenvalue weighted by atomic mass is 127. The molecule has 29 heavy (non-hydrogen) atoms. The second kappa shape index (κ2) is 9.87. The Bertz CT molecular complexity index is 1000. The Balaban J connectivity index is 0.00000240. The van der Waals surface area contributed by atoms with Gasteiger partial charge in [-0.1, -0.05) is 24.3 Å². The minimum absolute atomic E-state index is 0. The number of fused-ring (bicyclic) bond motifs is 2. The molecule has 0 bridgehead atoms. The maximum Gasteiger partial charge on any atom is 0.231 e. The predicted molar refractivity (Wildman–Crippen MR) is 128 cm³/mol. The molecule has 1 aromatic heterocycles. The number of nitrogens with zero attached hydrogens (tertiary/aromatic N) is 1. The largest absolute Gasteiger partial charge is 0.454 e. The third-order valence-electron chi connectivity index (χ3n) is 5.06. The second-order valence-electron chi connectivity index (χ2n) is 6.89. The second-order valence-corrected chi connectivity index (χ2v) is 6.89. The third-order valence-corrected chi connectivity index (χ3v) is 5.06. The number of aryl methyl sites for hydroxylation is 1. The average molecular weight is 506 g/mol. The predicted octanol–water partition coefficient (Wildman–Crippen LogP) is 3.77. The molecule has 154 valence electrons. The summed E-state index contributed by atoms with van der Waals surface area (Å²) in [6.45, 7) is 4.06. The summed E-state index contributed by atoms with van der Waals surface area (Å²) in [5.41, 5.74) is 5.00. The smallest absolute Gasteiger partial charge is 0.231 e. The fourth-order valence-corrected chi connectivity index (χ4v) is 3.61. The lowest BCUT2D eigenvalue weighted by Gasteiger charge is -2.12. The number of para-hydroxylation sites is 1. The van der Waals surface area contributed by atoms with E-state index in [0.717, 1.165) is 43.4 Å². The van der Waals surface area contributed by atoms with Crippen LogP contribution in [0.1, 0.15) is 16.8 Å². The van der Waals surface area contributed by atoms with Gasteiger partial charge in [-0.3, -0.25) is 4.99 Å². The standard InChI is InChI=1S/C22H26N4O2.HI/c1-15-17(18-5-3-4-6-19(18)26-15)10-12-25-22(23-2)24-11-9-16-7-8-20-21(13-16)28-14-27-20;/h3-8,13,26H,9-12,14H2,1-2H3,(H2,23,24,25);1H. The van der Waals surface area contributed by atoms with Crippen molar-refractivity contribution in [1.82, 2.24) is 15.6 Å². The molecule has 6 nitrogen and oxygen atoms in total. The fourth-order valence-electron chi connectivity index (χ4n) is 3.61. The first-order valence-corrected chi connectivity index (χ1v) is 9.64. The van der Waals surface area contributed by atoms with Crippen molar-refractivity contribution in [2.24, 2.45) is 4.99 Å². The molecule has 0 atom stereocenters. The van der Waals surface area contributed by atoms with E-state index in [9.17, 15) is 0 Å². The monoisotopic (exact) mass is 506 g/mol. The lowest BCUT2D eigenvalue weighted by atomic mass is 10.1. The van der Waals surface area contributed by atoms with E-state index < -0.39 is 0 Å². The highest BCUT2D eigenvalue weighted by Gasteiger charge is 2.13. The molecule has 0 aliphatic carbocycles. The summed E-state index contributed by atoms with van der Waals surface area (Å²) >= 11 is 0. The average Bonchev–Trinajstić information content (AvgIpc) is 3.30. The van der Waals surface area contributed by atoms with Crippen molar-refractivity contribution in [3.05, 3.63) is 59.3 Å². The minimum Gasteiger partial charge on any atom is -0.454 e. The molecule has 0 radical (unpaired) electrons. The number of aliphatic imine (C=N–C) groups is 1. The quantitative estimate of drug-likeness (QED) is 0.271. The van der Waals surface area contributed by atoms with Gasteiger partial charge in [0.25, 0.3) is 0 Å². The molecule has 0 spiro atoms. The first-order chi connectivity index (χ1) is 13.7. The summed E-state index contributed by atoms with van der Waals surface area (Å²) < 4.78 is 10.8. The van der Waals surface area contributed by atoms with E-state index in [0.29, 0.717) is 6.79 Å². The van der Waals surface area contributed by atoms with Crippen molar-refractivity contribution in [2.45, 2.75) is 19.8 Å². The summed E-state index contributed by atoms with van der Waals surface area (Å²) in [5.74, 6) is 2.47. The van der Waals surface area contributed by atoms with Gasteiger partial charge in [0.05, 0.1) is 0 Å². The topological polar surface area (TPSA) is 70.7 Å². The molecule has 0 fully saturated rings. The number of ether oxygens (including phenoxy) is 2. The van der Waals surface area contributed by atoms with Gasteiger partial charge in [-0.25, -0.2) is 0 Å². The van der Waals surface area contributed by atoms with Crippen molar-refractivity contribution in [2.75, 3.05) is 26.9 Å². The number of halogens is 1. The Morgan fingerprint density at radius 1 is 1.03 bits per heavy atom. The van der Waals surface area contributed by atoms with Crippen LogP contribution < -0.4 is 20.1 Å². The van der Waals surface area contributed by atoms with Crippen LogP contribution in [0.4, 0.5) is 0 Å². The minimum atomic E-state index is 0. The molecule has 4 rings (SSSR count). The van der Waals surface area contributed by atoms with E-state index in [2.05, 4.69) is 57.9 Å². The molecule has 3 N–H and O–H groups in total. The molecule has 3 aromatic rings. The van der Waals surface area contributed by atoms with Crippen LogP contribution in [0.5, 0.6) is 11.5 Å². The van der Waals surface area contributed by atoms with E-state index >= 15 is 0 Å². The number of guanidine groups is 1. The zero-order valence-electron chi connectivity index (χ0n) is 16.7. The van der Waals surface area contributed by atoms with Crippen molar-refractivity contribution >= 4 is 40.8 Å². The van der Waals surface area contributed by atoms with Gasteiger partial charge < -0.3 is 25.1 Å². The first-order valence-electron chi connectivity index (χ1n) is 9.64. The van der Waals surface area contributed by atoms with Crippen LogP contribution in [0.2, 0.25) is 0 Å². The van der Waals surface area contributed by atoms with Gasteiger partial charge in [0, 0.05) is 36.7 Å². The molecule has 0 saturated heterocycles. The van der Waals surface area contributed by atoms with Gasteiger partial charge in [-0.2, -0.15) is 0 Å². The summed E-state index contributed by atoms with van der Waals surface area (Å²) in [6, 6.07) is 14.5. The van der Waals surface area contributed by atoms with E-state index in [4.69, 9.17) is 9.47 Å². The molecule has 7 heteroatoms. The first kappa shape index (κ1) is 21.3. The van der Waals surface area contributed by atoms with Crippen molar-refractivity contribution in [3.63, 3.8) is 0 Å². The van der Waals surface area contributed by atoms with Gasteiger partial charge in [-0.05, 0) is 49.1 Å². The number of aromatic nitrogens is 1. The zero-order chi connectivity index (χ0) is 19.3. The maximum atomic E-state index is 5.44. The van der Waals surface area contributed by atoms with Gasteiger partial charge in [0.2, 0.25) is 6.79 Å². The van der Waals surface area contributed by atoms with Crippen LogP contribution in [0.3, 0.4) is 0 Å². The maximum absolute atomic E-state index is 5.44. The Hall–Kier alpha value is -2.42. The van der Waals surface area contributed by atoms with Crippen LogP contribution in [-0.4, -0.2) is 37.9 Å². The summed E-state index contributed by atoms with van der Waals surface area (Å²) in [6.07, 6.45) is 1.83. The summed E-state index contributed by atoms with van der Waals surface area (Å²) in [7, 11) is 1.80. The van der Waals surface area contributed by atoms with E-state index in [1.54, 1.807) is 7.05 Å². The van der Waals surface area contributed by atoms with Gasteiger partial charge >= 0.3 is 0 Å². The number of H-pyrrole nitrogens is 1. The van der Waals surface area contributed by atoms with E-state index in [1.165, 1.54) is 27.7 Å². The molecule has 0 saturated carbocycles. The highest BCUT2D eigenvalue weighted by molar-refractivity contribution is 14.0. The number of benzene rings is 2. The van der Waals surface area contributed by atoms with Gasteiger partial charge in [0.15, 0.2) is 17.5 Å². The molecular weight excluding hydrogens is 479 g/mol. The molecular formula is C22H27IN4O2. The SMILES string of the molecule is CN=C(NCCc1ccc2c(c1)OCO2)NCCc1c(C)[nH]c2ccccc12.I. The Morgan fingerprint density at radius 3 is 2.62 bits per heavy atom. The molecule has 1 aliphatic rings. The molecule has 2 heterocycles. The lowest BCUT2D eigenvalue weighted by Crippen LogP contribution is -2.39. The van der Waals surface area contributed by atoms with Crippen LogP contribution in [0.25, 0.3) is 10.9 Å². The van der Waals surface area contributed by atoms with Crippen molar-refractivity contribution < 1.29 is 9.47 Å². The Labute approximate surface area is 188 Å². The van der Waals surface area contributed by atoms with Crippen LogP contribution in [0.15, 0.2) is 47.5 Å². The zero-order valence-corrected chi connectivity index (χ0v) is 19.1. The molecule has 1 aliphatic heterocycles. The number of hydrogen-bond donors (Lipinski definition) is 3. The van der Waals surface area contributed by atoms with E-state index in [-0.39, 0.29) is 24.0 Å². The summed E-state index contributed by atoms with van der Waals surface area (Å²) in [4.78, 5) is 7.78. The van der Waals surface area contributed by atoms with Gasteiger partial charge in [-0.15, -0.1) is 24.0 Å². The molecule has 0 unspecified atom stereocenters.